The second-order valence-electron chi connectivity index (χ2n) is 16.3. The molecule has 6 aromatic carbocycles. The predicted octanol–water partition coefficient (Wildman–Crippen LogP) is 9.22. The van der Waals surface area contributed by atoms with Crippen molar-refractivity contribution < 1.29 is 33.8 Å². The summed E-state index contributed by atoms with van der Waals surface area (Å²) in [5.74, 6) is -5.81. The number of anilines is 2. The molecule has 1 N–H and O–H groups in total. The van der Waals surface area contributed by atoms with Crippen LogP contribution in [0.2, 0.25) is 5.02 Å². The van der Waals surface area contributed by atoms with Crippen LogP contribution in [0.15, 0.2) is 169 Å². The maximum absolute atomic E-state index is 15.6. The molecular formula is C52H39ClN2O7. The summed E-state index contributed by atoms with van der Waals surface area (Å²) in [6, 6.07) is 45.7. The van der Waals surface area contributed by atoms with Crippen molar-refractivity contribution in [1.82, 2.24) is 0 Å². The second kappa shape index (κ2) is 15.4. The van der Waals surface area contributed by atoms with Gasteiger partial charge in [-0.25, -0.2) is 4.90 Å². The van der Waals surface area contributed by atoms with Crippen molar-refractivity contribution >= 4 is 52.4 Å². The summed E-state index contributed by atoms with van der Waals surface area (Å²) in [7, 11) is 0. The molecule has 2 saturated heterocycles. The molecule has 10 heteroatoms. The quantitative estimate of drug-likeness (QED) is 0.0876. The first kappa shape index (κ1) is 39.1. The van der Waals surface area contributed by atoms with Gasteiger partial charge in [-0.05, 0) is 78.4 Å². The highest BCUT2D eigenvalue weighted by Crippen LogP contribution is 2.65. The Kier molecular flexibility index (Phi) is 9.72. The monoisotopic (exact) mass is 838 g/mol. The second-order valence-corrected chi connectivity index (χ2v) is 16.8. The van der Waals surface area contributed by atoms with E-state index < -0.39 is 52.7 Å². The van der Waals surface area contributed by atoms with E-state index in [1.54, 1.807) is 84.9 Å². The number of phenols is 1. The highest BCUT2D eigenvalue weighted by atomic mass is 35.5. The number of carbonyl (C=O) groups excluding carboxylic acids is 5. The zero-order chi connectivity index (χ0) is 42.7. The molecule has 4 aliphatic rings. The van der Waals surface area contributed by atoms with E-state index in [0.717, 1.165) is 5.56 Å². The van der Waals surface area contributed by atoms with Gasteiger partial charge in [-0.3, -0.25) is 28.9 Å². The first-order chi connectivity index (χ1) is 30.2. The van der Waals surface area contributed by atoms with Crippen LogP contribution in [0, 0.1) is 23.7 Å². The van der Waals surface area contributed by atoms with Gasteiger partial charge < -0.3 is 9.84 Å². The average Bonchev–Trinajstić information content (AvgIpc) is 3.69. The molecule has 306 valence electrons. The van der Waals surface area contributed by atoms with Crippen molar-refractivity contribution in [2.45, 2.75) is 30.8 Å². The molecule has 6 aromatic rings. The number of hydrogen-bond donors (Lipinski definition) is 1. The lowest BCUT2D eigenvalue weighted by Gasteiger charge is -2.50. The van der Waals surface area contributed by atoms with Gasteiger partial charge in [0.05, 0.1) is 34.5 Å². The Morgan fingerprint density at radius 3 is 2.05 bits per heavy atom. The molecule has 2 aliphatic carbocycles. The van der Waals surface area contributed by atoms with E-state index in [4.69, 9.17) is 16.3 Å². The van der Waals surface area contributed by atoms with Crippen molar-refractivity contribution in [3.8, 4) is 11.5 Å². The van der Waals surface area contributed by atoms with E-state index in [2.05, 4.69) is 0 Å². The minimum Gasteiger partial charge on any atom is -0.508 e. The maximum Gasteiger partial charge on any atom is 0.246 e. The van der Waals surface area contributed by atoms with Crippen LogP contribution in [0.5, 0.6) is 11.5 Å². The van der Waals surface area contributed by atoms with Gasteiger partial charge >= 0.3 is 0 Å². The van der Waals surface area contributed by atoms with Crippen molar-refractivity contribution in [2.24, 2.45) is 23.7 Å². The van der Waals surface area contributed by atoms with E-state index in [0.29, 0.717) is 50.0 Å². The highest BCUT2D eigenvalue weighted by Gasteiger charge is 2.70. The van der Waals surface area contributed by atoms with Crippen LogP contribution in [0.3, 0.4) is 0 Å². The number of halogens is 1. The Bertz CT molecular complexity index is 2810. The molecule has 0 aromatic heterocycles. The third-order valence-electron chi connectivity index (χ3n) is 13.2. The number of ether oxygens (including phenoxy) is 1. The third kappa shape index (κ3) is 6.18. The molecule has 3 fully saturated rings. The number of allylic oxidation sites excluding steroid dienone is 2. The molecule has 9 nitrogen and oxygen atoms in total. The molecule has 62 heavy (non-hydrogen) atoms. The van der Waals surface area contributed by atoms with Crippen molar-refractivity contribution in [1.29, 1.82) is 0 Å². The van der Waals surface area contributed by atoms with E-state index in [1.807, 2.05) is 72.8 Å². The van der Waals surface area contributed by atoms with Gasteiger partial charge in [-0.15, -0.1) is 0 Å². The molecular weight excluding hydrogens is 800 g/mol. The van der Waals surface area contributed by atoms with Gasteiger partial charge in [-0.2, -0.15) is 0 Å². The normalized spacial score (nSPS) is 24.0. The van der Waals surface area contributed by atoms with Crippen molar-refractivity contribution in [3.05, 3.63) is 202 Å². The van der Waals surface area contributed by atoms with Crippen LogP contribution >= 0.6 is 11.6 Å². The molecule has 1 saturated carbocycles. The molecule has 2 aliphatic heterocycles. The Morgan fingerprint density at radius 1 is 0.677 bits per heavy atom. The van der Waals surface area contributed by atoms with Gasteiger partial charge in [0, 0.05) is 33.7 Å². The zero-order valence-corrected chi connectivity index (χ0v) is 34.0. The Hall–Kier alpha value is -7.10. The molecule has 4 amide bonds. The smallest absolute Gasteiger partial charge is 0.246 e. The molecule has 0 spiro atoms. The molecule has 0 unspecified atom stereocenters. The number of carbonyl (C=O) groups is 5. The number of hydrogen-bond acceptors (Lipinski definition) is 7. The number of imide groups is 2. The number of aromatic hydroxyl groups is 1. The van der Waals surface area contributed by atoms with Crippen LogP contribution in [-0.4, -0.2) is 34.5 Å². The van der Waals surface area contributed by atoms with E-state index in [9.17, 15) is 19.5 Å². The van der Waals surface area contributed by atoms with E-state index in [1.165, 1.54) is 15.9 Å². The number of benzene rings is 6. The summed E-state index contributed by atoms with van der Waals surface area (Å²) < 4.78 is 6.10. The summed E-state index contributed by atoms with van der Waals surface area (Å²) in [5.41, 5.74) is 2.65. The molecule has 0 radical (unpaired) electrons. The topological polar surface area (TPSA) is 121 Å². The van der Waals surface area contributed by atoms with Gasteiger partial charge in [0.25, 0.3) is 0 Å². The fourth-order valence-corrected chi connectivity index (χ4v) is 10.6. The van der Waals surface area contributed by atoms with Crippen LogP contribution < -0.4 is 14.5 Å². The number of amides is 4. The third-order valence-corrected chi connectivity index (χ3v) is 13.4. The first-order valence-electron chi connectivity index (χ1n) is 20.6. The van der Waals surface area contributed by atoms with Gasteiger partial charge in [-0.1, -0.05) is 126 Å². The lowest BCUT2D eigenvalue weighted by atomic mass is 9.49. The molecule has 0 bridgehead atoms. The lowest BCUT2D eigenvalue weighted by Crippen LogP contribution is -2.53. The van der Waals surface area contributed by atoms with Crippen molar-refractivity contribution in [3.63, 3.8) is 0 Å². The number of nitrogens with zero attached hydrogens (tertiary/aromatic N) is 2. The van der Waals surface area contributed by atoms with Crippen LogP contribution in [0.4, 0.5) is 11.4 Å². The Morgan fingerprint density at radius 2 is 1.35 bits per heavy atom. The summed E-state index contributed by atoms with van der Waals surface area (Å²) in [6.07, 6.45) is 2.25. The number of rotatable bonds is 9. The average molecular weight is 839 g/mol. The summed E-state index contributed by atoms with van der Waals surface area (Å²) in [6.45, 7) is 0.260. The summed E-state index contributed by atoms with van der Waals surface area (Å²) >= 11 is 6.46. The summed E-state index contributed by atoms with van der Waals surface area (Å²) in [5, 5.41) is 12.4. The minimum atomic E-state index is -1.56. The Labute approximate surface area is 362 Å². The van der Waals surface area contributed by atoms with Gasteiger partial charge in [0.15, 0.2) is 5.78 Å². The van der Waals surface area contributed by atoms with E-state index >= 15 is 9.59 Å². The maximum atomic E-state index is 15.6. The minimum absolute atomic E-state index is 0.0937. The first-order valence-corrected chi connectivity index (χ1v) is 21.0. The molecule has 6 atom stereocenters. The van der Waals surface area contributed by atoms with Crippen LogP contribution in [-0.2, 0) is 31.2 Å². The predicted molar refractivity (Wildman–Crippen MR) is 234 cm³/mol. The lowest BCUT2D eigenvalue weighted by molar-refractivity contribution is -0.127. The highest BCUT2D eigenvalue weighted by molar-refractivity contribution is 6.32. The molecule has 2 heterocycles. The fourth-order valence-electron chi connectivity index (χ4n) is 10.5. The van der Waals surface area contributed by atoms with Gasteiger partial charge in [0.2, 0.25) is 23.6 Å². The number of phenolic OH excluding ortho intramolecular Hbond substituents is 1. The van der Waals surface area contributed by atoms with Crippen LogP contribution in [0.1, 0.15) is 51.4 Å². The SMILES string of the molecule is O=C(c1ccccc1)c1ccc(N2C(=O)[C@H]3[C@H](CC=C4[C@H]3C[C@H]3C(=O)N(c5cccc(Cl)c5)C(=O)[C@@]3(c3ccccc3)[C@H]4c3ccc(OCc4ccccc4)cc3O)C2=O)cc1. The van der Waals surface area contributed by atoms with Crippen molar-refractivity contribution in [2.75, 3.05) is 9.80 Å². The number of ketones is 1. The Balaban J connectivity index is 1.08. The van der Waals surface area contributed by atoms with Crippen LogP contribution in [0.25, 0.3) is 0 Å². The summed E-state index contributed by atoms with van der Waals surface area (Å²) in [4.78, 5) is 75.6. The van der Waals surface area contributed by atoms with Gasteiger partial charge in [0.1, 0.15) is 18.1 Å². The largest absolute Gasteiger partial charge is 0.508 e. The fraction of sp³-hybridized carbons (Fsp3) is 0.173. The number of fused-ring (bicyclic) bond motifs is 4. The molecule has 10 rings (SSSR count). The zero-order valence-electron chi connectivity index (χ0n) is 33.3. The standard InChI is InChI=1S/C52H39ClN2O7/c53-35-17-10-18-37(27-35)55-49(59)43-29-42-39(25-26-41-45(42)50(60)54(48(41)58)36-21-19-33(20-22-36)47(57)32-13-6-2-7-14-32)46(52(43,51(55)61)34-15-8-3-9-16-34)40-24-23-38(28-44(40)56)62-30-31-11-4-1-5-12-31/h1-25,27-28,41-43,45-46,56H,26,29-30H2/t41-,42+,43-,45-,46+,52+/m0/s1. The van der Waals surface area contributed by atoms with E-state index in [-0.39, 0.29) is 36.9 Å².